The van der Waals surface area contributed by atoms with Crippen LogP contribution in [0.5, 0.6) is 0 Å². The Bertz CT molecular complexity index is 1000. The Hall–Kier alpha value is -3.30. The van der Waals surface area contributed by atoms with Crippen molar-refractivity contribution in [2.24, 2.45) is 0 Å². The second-order valence-corrected chi connectivity index (χ2v) is 8.22. The van der Waals surface area contributed by atoms with E-state index in [1.807, 2.05) is 0 Å². The molecular weight excluding hydrogens is 440 g/mol. The molecule has 0 bridgehead atoms. The Labute approximate surface area is 188 Å². The van der Waals surface area contributed by atoms with Crippen molar-refractivity contribution in [2.45, 2.75) is 31.6 Å². The Morgan fingerprint density at radius 3 is 2.30 bits per heavy atom. The fraction of sp³-hybridized carbons (Fsp3) is 0.391. The highest BCUT2D eigenvalue weighted by Crippen LogP contribution is 2.34. The molecule has 0 saturated carbocycles. The zero-order valence-corrected chi connectivity index (χ0v) is 17.8. The number of hydrogen-bond donors (Lipinski definition) is 1. The predicted octanol–water partition coefficient (Wildman–Crippen LogP) is 4.78. The van der Waals surface area contributed by atoms with E-state index in [1.165, 1.54) is 35.2 Å². The second-order valence-electron chi connectivity index (χ2n) is 8.22. The molecule has 0 unspecified atom stereocenters. The van der Waals surface area contributed by atoms with Crippen molar-refractivity contribution in [3.05, 3.63) is 65.5 Å². The number of piperidine rings is 1. The number of nitrogens with zero attached hydrogens (tertiary/aromatic N) is 3. The molecule has 2 aromatic rings. The third kappa shape index (κ3) is 5.20. The molecule has 2 heterocycles. The quantitative estimate of drug-likeness (QED) is 0.663. The van der Waals surface area contributed by atoms with Gasteiger partial charge >= 0.3 is 18.2 Å². The van der Waals surface area contributed by atoms with E-state index in [4.69, 9.17) is 0 Å². The maximum atomic E-state index is 13.2. The van der Waals surface area contributed by atoms with Gasteiger partial charge in [-0.1, -0.05) is 24.3 Å². The molecule has 0 spiro atoms. The Kier molecular flexibility index (Phi) is 6.44. The lowest BCUT2D eigenvalue weighted by Gasteiger charge is -2.36. The minimum absolute atomic E-state index is 0.0396. The van der Waals surface area contributed by atoms with Gasteiger partial charge in [-0.15, -0.1) is 0 Å². The number of amides is 4. The molecule has 2 aromatic carbocycles. The van der Waals surface area contributed by atoms with Crippen LogP contribution < -0.4 is 5.32 Å². The van der Waals surface area contributed by atoms with Gasteiger partial charge in [0.25, 0.3) is 0 Å². The number of hydrogen-bond acceptors (Lipinski definition) is 2. The Balaban J connectivity index is 1.31. The first-order valence-corrected chi connectivity index (χ1v) is 10.7. The van der Waals surface area contributed by atoms with Gasteiger partial charge in [-0.2, -0.15) is 13.2 Å². The topological polar surface area (TPSA) is 55.9 Å². The first-order valence-electron chi connectivity index (χ1n) is 10.7. The first kappa shape index (κ1) is 22.9. The number of halogens is 4. The molecule has 176 valence electrons. The van der Waals surface area contributed by atoms with Gasteiger partial charge in [-0.3, -0.25) is 0 Å². The van der Waals surface area contributed by atoms with Gasteiger partial charge in [-0.25, -0.2) is 14.0 Å². The molecule has 4 rings (SSSR count). The third-order valence-electron chi connectivity index (χ3n) is 6.08. The van der Waals surface area contributed by atoms with E-state index in [0.29, 0.717) is 45.6 Å². The number of nitrogens with one attached hydrogen (secondary N) is 1. The van der Waals surface area contributed by atoms with Crippen LogP contribution in [0.25, 0.3) is 0 Å². The molecule has 4 amide bonds. The summed E-state index contributed by atoms with van der Waals surface area (Å²) in [6.45, 7) is 2.20. The van der Waals surface area contributed by atoms with Crippen molar-refractivity contribution in [1.82, 2.24) is 14.7 Å². The average molecular weight is 464 g/mol. The van der Waals surface area contributed by atoms with E-state index < -0.39 is 17.8 Å². The highest BCUT2D eigenvalue weighted by Gasteiger charge is 2.37. The molecule has 1 N–H and O–H groups in total. The standard InChI is InChI=1S/C23H24F4N4O2/c24-17-7-5-16(6-8-17)15-30-13-14-31(22(30)33)18-9-11-29(12-10-18)21(32)28-20-4-2-1-3-19(20)23(25,26)27/h1-8,18H,9-15H2,(H,28,32). The molecule has 6 nitrogen and oxygen atoms in total. The zero-order chi connectivity index (χ0) is 23.6. The lowest BCUT2D eigenvalue weighted by atomic mass is 10.0. The van der Waals surface area contributed by atoms with Crippen LogP contribution in [0.1, 0.15) is 24.0 Å². The van der Waals surface area contributed by atoms with Gasteiger partial charge in [-0.05, 0) is 42.7 Å². The van der Waals surface area contributed by atoms with Crippen molar-refractivity contribution >= 4 is 17.7 Å². The van der Waals surface area contributed by atoms with E-state index in [1.54, 1.807) is 21.9 Å². The molecule has 33 heavy (non-hydrogen) atoms. The predicted molar refractivity (Wildman–Crippen MR) is 114 cm³/mol. The smallest absolute Gasteiger partial charge is 0.324 e. The molecule has 10 heteroatoms. The summed E-state index contributed by atoms with van der Waals surface area (Å²) in [5.41, 5.74) is -0.322. The van der Waals surface area contributed by atoms with Crippen LogP contribution in [-0.4, -0.2) is 59.0 Å². The summed E-state index contributed by atoms with van der Waals surface area (Å²) in [5.74, 6) is -0.328. The van der Waals surface area contributed by atoms with Gasteiger partial charge in [0, 0.05) is 38.8 Å². The van der Waals surface area contributed by atoms with Crippen molar-refractivity contribution in [3.8, 4) is 0 Å². The van der Waals surface area contributed by atoms with E-state index in [2.05, 4.69) is 5.32 Å². The Morgan fingerprint density at radius 2 is 1.64 bits per heavy atom. The third-order valence-corrected chi connectivity index (χ3v) is 6.08. The molecular formula is C23H24F4N4O2. The number of benzene rings is 2. The van der Waals surface area contributed by atoms with Gasteiger partial charge in [0.05, 0.1) is 11.3 Å². The number of para-hydroxylation sites is 1. The maximum Gasteiger partial charge on any atom is 0.418 e. The molecule has 2 saturated heterocycles. The van der Waals surface area contributed by atoms with Crippen LogP contribution in [0.4, 0.5) is 32.8 Å². The molecule has 2 fully saturated rings. The minimum atomic E-state index is -4.56. The van der Waals surface area contributed by atoms with Crippen molar-refractivity contribution in [3.63, 3.8) is 0 Å². The number of carbonyl (C=O) groups is 2. The van der Waals surface area contributed by atoms with Gasteiger partial charge in [0.1, 0.15) is 5.82 Å². The van der Waals surface area contributed by atoms with E-state index in [0.717, 1.165) is 11.6 Å². The fourth-order valence-corrected chi connectivity index (χ4v) is 4.31. The zero-order valence-electron chi connectivity index (χ0n) is 17.8. The van der Waals surface area contributed by atoms with Gasteiger partial charge in [0.2, 0.25) is 0 Å². The number of rotatable bonds is 4. The molecule has 0 aliphatic carbocycles. The normalized spacial score (nSPS) is 17.6. The van der Waals surface area contributed by atoms with Crippen LogP contribution in [-0.2, 0) is 12.7 Å². The van der Waals surface area contributed by atoms with E-state index in [-0.39, 0.29) is 23.6 Å². The molecule has 0 aromatic heterocycles. The summed E-state index contributed by atoms with van der Waals surface area (Å²) < 4.78 is 52.6. The number of alkyl halides is 3. The molecule has 0 atom stereocenters. The lowest BCUT2D eigenvalue weighted by molar-refractivity contribution is -0.136. The first-order chi connectivity index (χ1) is 15.7. The molecule has 2 aliphatic heterocycles. The van der Waals surface area contributed by atoms with Crippen LogP contribution in [0.3, 0.4) is 0 Å². The van der Waals surface area contributed by atoms with Crippen LogP contribution >= 0.6 is 0 Å². The van der Waals surface area contributed by atoms with Crippen molar-refractivity contribution in [1.29, 1.82) is 0 Å². The average Bonchev–Trinajstić information content (AvgIpc) is 3.15. The van der Waals surface area contributed by atoms with E-state index in [9.17, 15) is 27.2 Å². The van der Waals surface area contributed by atoms with Crippen LogP contribution in [0.2, 0.25) is 0 Å². The monoisotopic (exact) mass is 464 g/mol. The van der Waals surface area contributed by atoms with Crippen LogP contribution in [0.15, 0.2) is 48.5 Å². The summed E-state index contributed by atoms with van der Waals surface area (Å²) in [7, 11) is 0. The summed E-state index contributed by atoms with van der Waals surface area (Å²) >= 11 is 0. The summed E-state index contributed by atoms with van der Waals surface area (Å²) in [6, 6.07) is 10.2. The number of anilines is 1. The minimum Gasteiger partial charge on any atom is -0.324 e. The maximum absolute atomic E-state index is 13.2. The number of carbonyl (C=O) groups excluding carboxylic acids is 2. The van der Waals surface area contributed by atoms with Gasteiger partial charge in [0.15, 0.2) is 0 Å². The Morgan fingerprint density at radius 1 is 0.970 bits per heavy atom. The fourth-order valence-electron chi connectivity index (χ4n) is 4.31. The second kappa shape index (κ2) is 9.29. The summed E-state index contributed by atoms with van der Waals surface area (Å²) in [6.07, 6.45) is -3.47. The van der Waals surface area contributed by atoms with E-state index >= 15 is 0 Å². The molecule has 2 aliphatic rings. The summed E-state index contributed by atoms with van der Waals surface area (Å²) in [5, 5.41) is 2.37. The van der Waals surface area contributed by atoms with Crippen molar-refractivity contribution in [2.75, 3.05) is 31.5 Å². The number of likely N-dealkylation sites (tertiary alicyclic amines) is 1. The number of urea groups is 2. The highest BCUT2D eigenvalue weighted by atomic mass is 19.4. The van der Waals surface area contributed by atoms with Crippen molar-refractivity contribution < 1.29 is 27.2 Å². The lowest BCUT2D eigenvalue weighted by Crippen LogP contribution is -2.49. The van der Waals surface area contributed by atoms with Crippen LogP contribution in [0, 0.1) is 5.82 Å². The molecule has 0 radical (unpaired) electrons. The largest absolute Gasteiger partial charge is 0.418 e. The van der Waals surface area contributed by atoms with Gasteiger partial charge < -0.3 is 20.0 Å². The highest BCUT2D eigenvalue weighted by molar-refractivity contribution is 5.90. The SMILES string of the molecule is O=C(Nc1ccccc1C(F)(F)F)N1CCC(N2CCN(Cc3ccc(F)cc3)C2=O)CC1. The summed E-state index contributed by atoms with van der Waals surface area (Å²) in [4.78, 5) is 30.4.